The molecule has 0 unspecified atom stereocenters. The van der Waals surface area contributed by atoms with Gasteiger partial charge in [0.2, 0.25) is 5.91 Å². The van der Waals surface area contributed by atoms with Crippen LogP contribution in [0.1, 0.15) is 38.2 Å². The summed E-state index contributed by atoms with van der Waals surface area (Å²) in [5.41, 5.74) is -0.992. The Morgan fingerprint density at radius 1 is 1.20 bits per heavy atom. The van der Waals surface area contributed by atoms with Gasteiger partial charge in [-0.1, -0.05) is 25.5 Å². The van der Waals surface area contributed by atoms with Gasteiger partial charge in [-0.3, -0.25) is 4.79 Å². The van der Waals surface area contributed by atoms with Crippen LogP contribution in [0.4, 0.5) is 13.2 Å². The standard InChI is InChI=1S/C20H26F3N3O3S/c1-2-3-4-8-19(27)24-11-13-25(14-12-24)26(17-9-10-17)30(28,29)18-7-5-6-16(15-18)20(21,22)23/h4-8,15,17H,2-3,9-14H2,1H3. The Kier molecular flexibility index (Phi) is 6.88. The number of carbonyl (C=O) groups is 1. The maximum atomic E-state index is 13.2. The van der Waals surface area contributed by atoms with Gasteiger partial charge in [-0.2, -0.15) is 13.2 Å². The van der Waals surface area contributed by atoms with Crippen LogP contribution < -0.4 is 0 Å². The molecule has 1 aromatic carbocycles. The Hall–Kier alpha value is -1.91. The Morgan fingerprint density at radius 3 is 2.43 bits per heavy atom. The fourth-order valence-electron chi connectivity index (χ4n) is 3.39. The molecule has 1 heterocycles. The molecule has 0 spiro atoms. The molecule has 1 saturated heterocycles. The number of hydrogen-bond acceptors (Lipinski definition) is 4. The zero-order valence-electron chi connectivity index (χ0n) is 16.8. The van der Waals surface area contributed by atoms with Gasteiger partial charge in [0.1, 0.15) is 0 Å². The highest BCUT2D eigenvalue weighted by Crippen LogP contribution is 2.36. The lowest BCUT2D eigenvalue weighted by atomic mass is 10.2. The molecule has 0 N–H and O–H groups in total. The number of hydrogen-bond donors (Lipinski definition) is 0. The summed E-state index contributed by atoms with van der Waals surface area (Å²) in [6.07, 6.45) is 1.83. The van der Waals surface area contributed by atoms with Gasteiger partial charge in [0, 0.05) is 32.2 Å². The summed E-state index contributed by atoms with van der Waals surface area (Å²) in [6, 6.07) is 3.59. The van der Waals surface area contributed by atoms with E-state index in [1.807, 2.05) is 13.0 Å². The summed E-state index contributed by atoms with van der Waals surface area (Å²) in [5.74, 6) is -0.109. The van der Waals surface area contributed by atoms with E-state index >= 15 is 0 Å². The second-order valence-electron chi connectivity index (χ2n) is 7.50. The van der Waals surface area contributed by atoms with Crippen molar-refractivity contribution in [2.45, 2.75) is 49.7 Å². The van der Waals surface area contributed by atoms with Crippen molar-refractivity contribution < 1.29 is 26.4 Å². The maximum Gasteiger partial charge on any atom is 0.416 e. The van der Waals surface area contributed by atoms with E-state index in [4.69, 9.17) is 0 Å². The molecule has 0 aromatic heterocycles. The topological polar surface area (TPSA) is 60.9 Å². The number of carbonyl (C=O) groups excluding carboxylic acids is 1. The predicted molar refractivity (Wildman–Crippen MR) is 106 cm³/mol. The lowest BCUT2D eigenvalue weighted by Crippen LogP contribution is -2.57. The molecule has 3 rings (SSSR count). The number of benzene rings is 1. The maximum absolute atomic E-state index is 13.2. The molecule has 0 radical (unpaired) electrons. The number of sulfonamides is 1. The molecular formula is C20H26F3N3O3S. The summed E-state index contributed by atoms with van der Waals surface area (Å²) in [5, 5.41) is 1.65. The number of nitrogens with zero attached hydrogens (tertiary/aromatic N) is 3. The first-order valence-electron chi connectivity index (χ1n) is 10.1. The van der Waals surface area contributed by atoms with E-state index in [0.717, 1.165) is 25.0 Å². The van der Waals surface area contributed by atoms with Gasteiger partial charge in [-0.15, -0.1) is 4.41 Å². The zero-order chi connectivity index (χ0) is 21.9. The van der Waals surface area contributed by atoms with E-state index in [9.17, 15) is 26.4 Å². The van der Waals surface area contributed by atoms with Crippen molar-refractivity contribution in [1.82, 2.24) is 14.3 Å². The number of alkyl halides is 3. The number of rotatable bonds is 7. The fraction of sp³-hybridized carbons (Fsp3) is 0.550. The molecule has 0 atom stereocenters. The van der Waals surface area contributed by atoms with E-state index in [2.05, 4.69) is 0 Å². The van der Waals surface area contributed by atoms with Crippen LogP contribution in [0.2, 0.25) is 0 Å². The quantitative estimate of drug-likeness (QED) is 0.605. The van der Waals surface area contributed by atoms with E-state index < -0.39 is 21.8 Å². The minimum absolute atomic E-state index is 0.109. The third kappa shape index (κ3) is 5.22. The Labute approximate surface area is 175 Å². The van der Waals surface area contributed by atoms with Crippen LogP contribution in [0.3, 0.4) is 0 Å². The van der Waals surface area contributed by atoms with E-state index in [1.165, 1.54) is 16.6 Å². The van der Waals surface area contributed by atoms with Gasteiger partial charge in [-0.05, 0) is 43.5 Å². The van der Waals surface area contributed by atoms with Crippen LogP contribution in [0, 0.1) is 0 Å². The van der Waals surface area contributed by atoms with Crippen LogP contribution in [0.25, 0.3) is 0 Å². The van der Waals surface area contributed by atoms with E-state index in [0.29, 0.717) is 45.1 Å². The van der Waals surface area contributed by atoms with Crippen molar-refractivity contribution in [3.05, 3.63) is 42.0 Å². The molecule has 2 aliphatic rings. The summed E-state index contributed by atoms with van der Waals surface area (Å²) in [6.45, 7) is 3.35. The minimum Gasteiger partial charge on any atom is -0.336 e. The number of allylic oxidation sites excluding steroid dienone is 1. The van der Waals surface area contributed by atoms with E-state index in [-0.39, 0.29) is 16.8 Å². The Morgan fingerprint density at radius 2 is 1.87 bits per heavy atom. The van der Waals surface area contributed by atoms with Crippen molar-refractivity contribution in [3.8, 4) is 0 Å². The van der Waals surface area contributed by atoms with Crippen LogP contribution >= 0.6 is 0 Å². The van der Waals surface area contributed by atoms with Crippen LogP contribution in [0.15, 0.2) is 41.3 Å². The average molecular weight is 446 g/mol. The molecule has 1 aliphatic carbocycles. The summed E-state index contributed by atoms with van der Waals surface area (Å²) < 4.78 is 66.8. The number of unbranched alkanes of at least 4 members (excludes halogenated alkanes) is 1. The third-order valence-electron chi connectivity index (χ3n) is 5.13. The molecule has 10 heteroatoms. The van der Waals surface area contributed by atoms with Gasteiger partial charge in [0.25, 0.3) is 10.0 Å². The fourth-order valence-corrected chi connectivity index (χ4v) is 5.20. The lowest BCUT2D eigenvalue weighted by Gasteiger charge is -2.40. The van der Waals surface area contributed by atoms with Crippen molar-refractivity contribution in [1.29, 1.82) is 0 Å². The van der Waals surface area contributed by atoms with Crippen LogP contribution in [-0.4, -0.2) is 60.9 Å². The third-order valence-corrected chi connectivity index (χ3v) is 7.00. The Bertz CT molecular complexity index is 890. The first kappa shape index (κ1) is 22.8. The molecule has 166 valence electrons. The van der Waals surface area contributed by atoms with Crippen LogP contribution in [-0.2, 0) is 21.0 Å². The highest BCUT2D eigenvalue weighted by atomic mass is 32.2. The van der Waals surface area contributed by atoms with Crippen LogP contribution in [0.5, 0.6) is 0 Å². The first-order valence-corrected chi connectivity index (χ1v) is 11.5. The highest BCUT2D eigenvalue weighted by Gasteiger charge is 2.43. The summed E-state index contributed by atoms with van der Waals surface area (Å²) in [7, 11) is -4.13. The van der Waals surface area contributed by atoms with Gasteiger partial charge in [0.05, 0.1) is 10.5 Å². The molecule has 1 aliphatic heterocycles. The first-order chi connectivity index (χ1) is 14.1. The molecular weight excluding hydrogens is 419 g/mol. The van der Waals surface area contributed by atoms with Gasteiger partial charge < -0.3 is 4.90 Å². The normalized spacial score (nSPS) is 19.0. The molecule has 1 amide bonds. The number of amides is 1. The largest absolute Gasteiger partial charge is 0.416 e. The van der Waals surface area contributed by atoms with Crippen molar-refractivity contribution in [2.75, 3.05) is 26.2 Å². The molecule has 1 saturated carbocycles. The zero-order valence-corrected chi connectivity index (χ0v) is 17.6. The predicted octanol–water partition coefficient (Wildman–Crippen LogP) is 3.27. The average Bonchev–Trinajstić information content (AvgIpc) is 3.53. The van der Waals surface area contributed by atoms with Crippen molar-refractivity contribution >= 4 is 15.9 Å². The molecule has 1 aromatic rings. The highest BCUT2D eigenvalue weighted by molar-refractivity contribution is 7.89. The molecule has 0 bridgehead atoms. The lowest BCUT2D eigenvalue weighted by molar-refractivity contribution is -0.137. The Balaban J connectivity index is 1.75. The molecule has 6 nitrogen and oxygen atoms in total. The van der Waals surface area contributed by atoms with Crippen molar-refractivity contribution in [2.24, 2.45) is 0 Å². The molecule has 30 heavy (non-hydrogen) atoms. The SMILES string of the molecule is CCCC=CC(=O)N1CCN(N(C2CC2)S(=O)(=O)c2cccc(C(F)(F)F)c2)CC1. The van der Waals surface area contributed by atoms with Gasteiger partial charge >= 0.3 is 6.18 Å². The monoisotopic (exact) mass is 445 g/mol. The minimum atomic E-state index is -4.62. The van der Waals surface area contributed by atoms with Gasteiger partial charge in [0.15, 0.2) is 0 Å². The number of hydrazine groups is 1. The number of halogens is 3. The van der Waals surface area contributed by atoms with Gasteiger partial charge in [-0.25, -0.2) is 13.4 Å². The molecule has 2 fully saturated rings. The van der Waals surface area contributed by atoms with Crippen molar-refractivity contribution in [3.63, 3.8) is 0 Å². The summed E-state index contributed by atoms with van der Waals surface area (Å²) >= 11 is 0. The smallest absolute Gasteiger partial charge is 0.336 e. The second-order valence-corrected chi connectivity index (χ2v) is 9.30. The second kappa shape index (κ2) is 9.07. The number of piperazine rings is 1. The summed E-state index contributed by atoms with van der Waals surface area (Å²) in [4.78, 5) is 13.5. The van der Waals surface area contributed by atoms with E-state index in [1.54, 1.807) is 9.91 Å².